The van der Waals surface area contributed by atoms with Gasteiger partial charge in [-0.1, -0.05) is 29.3 Å². The molecule has 0 aliphatic rings. The summed E-state index contributed by atoms with van der Waals surface area (Å²) in [4.78, 5) is 10.6. The molecule has 0 saturated heterocycles. The topological polar surface area (TPSA) is 42.5 Å². The number of rotatable bonds is 4. The van der Waals surface area contributed by atoms with Gasteiger partial charge in [-0.15, -0.1) is 39.7 Å². The lowest BCUT2D eigenvalue weighted by Crippen LogP contribution is -2.13. The second-order valence-electron chi connectivity index (χ2n) is 5.82. The normalized spacial score (nSPS) is 12.1. The van der Waals surface area contributed by atoms with Gasteiger partial charge in [0.15, 0.2) is 0 Å². The van der Waals surface area contributed by atoms with E-state index in [0.29, 0.717) is 15.7 Å². The largest absolute Gasteiger partial charge is 0.265 e. The van der Waals surface area contributed by atoms with Crippen molar-refractivity contribution < 1.29 is 0 Å². The summed E-state index contributed by atoms with van der Waals surface area (Å²) in [6.45, 7) is 1.97. The van der Waals surface area contributed by atoms with E-state index >= 15 is 0 Å². The van der Waals surface area contributed by atoms with E-state index in [1.54, 1.807) is 41.9 Å². The molecule has 4 nitrogen and oxygen atoms in total. The summed E-state index contributed by atoms with van der Waals surface area (Å²) >= 11 is 15.5. The molecule has 0 unspecified atom stereocenters. The van der Waals surface area contributed by atoms with Gasteiger partial charge in [-0.3, -0.25) is 4.98 Å². The van der Waals surface area contributed by atoms with Crippen LogP contribution in [0, 0.1) is 0 Å². The van der Waals surface area contributed by atoms with Crippen molar-refractivity contribution in [1.29, 1.82) is 0 Å². The van der Waals surface area contributed by atoms with E-state index in [4.69, 9.17) is 33.3 Å². The highest BCUT2D eigenvalue weighted by Gasteiger charge is 2.10. The number of thiophene rings is 1. The zero-order valence-electron chi connectivity index (χ0n) is 15.1. The Morgan fingerprint density at radius 1 is 1.07 bits per heavy atom. The quantitative estimate of drug-likeness (QED) is 0.263. The molecule has 0 aliphatic carbocycles. The van der Waals surface area contributed by atoms with Crippen molar-refractivity contribution in [1.82, 2.24) is 9.66 Å². The zero-order valence-corrected chi connectivity index (χ0v) is 20.0. The first-order valence-electron chi connectivity index (χ1n) is 8.32. The van der Waals surface area contributed by atoms with Gasteiger partial charge in [-0.2, -0.15) is 5.10 Å². The van der Waals surface area contributed by atoms with Gasteiger partial charge in [-0.05, 0) is 48.7 Å². The number of halogens is 3. The highest BCUT2D eigenvalue weighted by atomic mass is 79.9. The van der Waals surface area contributed by atoms with E-state index in [9.17, 15) is 0 Å². The monoisotopic (exact) mass is 524 g/mol. The van der Waals surface area contributed by atoms with Crippen molar-refractivity contribution in [3.63, 3.8) is 0 Å². The Labute approximate surface area is 196 Å². The summed E-state index contributed by atoms with van der Waals surface area (Å²) < 4.78 is 1.86. The Bertz CT molecular complexity index is 1200. The summed E-state index contributed by atoms with van der Waals surface area (Å²) in [6, 6.07) is 13.2. The fourth-order valence-electron chi connectivity index (χ4n) is 2.54. The van der Waals surface area contributed by atoms with E-state index in [-0.39, 0.29) is 17.0 Å². The second-order valence-corrected chi connectivity index (χ2v) is 8.45. The third kappa shape index (κ3) is 5.05. The van der Waals surface area contributed by atoms with Crippen LogP contribution < -0.4 is 4.80 Å². The molecule has 0 bridgehead atoms. The molecule has 148 valence electrons. The van der Waals surface area contributed by atoms with Crippen LogP contribution in [0.25, 0.3) is 10.6 Å². The van der Waals surface area contributed by atoms with Gasteiger partial charge < -0.3 is 0 Å². The predicted molar refractivity (Wildman–Crippen MR) is 129 cm³/mol. The van der Waals surface area contributed by atoms with Crippen LogP contribution in [0.15, 0.2) is 75.7 Å². The Kier molecular flexibility index (Phi) is 7.43. The molecule has 0 fully saturated rings. The van der Waals surface area contributed by atoms with Crippen LogP contribution in [0.2, 0.25) is 10.0 Å². The van der Waals surface area contributed by atoms with Crippen molar-refractivity contribution in [2.24, 2.45) is 10.1 Å². The van der Waals surface area contributed by atoms with Crippen LogP contribution in [0.5, 0.6) is 0 Å². The Balaban J connectivity index is 0.00000240. The maximum atomic E-state index is 6.32. The molecule has 0 spiro atoms. The number of hydrogen-bond acceptors (Lipinski definition) is 5. The van der Waals surface area contributed by atoms with Crippen LogP contribution in [0.3, 0.4) is 0 Å². The summed E-state index contributed by atoms with van der Waals surface area (Å²) in [5, 5.41) is 10.0. The van der Waals surface area contributed by atoms with Crippen LogP contribution in [0.4, 0.5) is 5.69 Å². The van der Waals surface area contributed by atoms with Gasteiger partial charge in [0, 0.05) is 28.4 Å². The van der Waals surface area contributed by atoms with Crippen molar-refractivity contribution in [3.8, 4) is 10.6 Å². The molecule has 4 aromatic rings. The van der Waals surface area contributed by atoms with Crippen LogP contribution in [0.1, 0.15) is 12.5 Å². The number of hydrogen-bond donors (Lipinski definition) is 0. The molecule has 1 aromatic carbocycles. The van der Waals surface area contributed by atoms with Gasteiger partial charge in [0.1, 0.15) is 0 Å². The minimum absolute atomic E-state index is 0. The van der Waals surface area contributed by atoms with Crippen LogP contribution >= 0.6 is 62.9 Å². The number of nitrogens with zero attached hydrogens (tertiary/aromatic N) is 4. The standard InChI is InChI=1S/C20H14Cl2N4S2.BrH/c1-13(14-6-8-23-9-7-14)25-26-18(19-3-2-10-27-19)12-28-20(26)24-17-5-4-15(21)11-16(17)22;/h2-12H,1H3;1H/b24-20?,25-13-;. The summed E-state index contributed by atoms with van der Waals surface area (Å²) in [5.74, 6) is 0. The molecule has 3 heterocycles. The number of pyridine rings is 1. The van der Waals surface area contributed by atoms with Gasteiger partial charge in [0.05, 0.1) is 27.0 Å². The lowest BCUT2D eigenvalue weighted by atomic mass is 10.2. The lowest BCUT2D eigenvalue weighted by Gasteiger charge is -2.05. The van der Waals surface area contributed by atoms with Gasteiger partial charge in [0.25, 0.3) is 0 Å². The molecule has 0 atom stereocenters. The highest BCUT2D eigenvalue weighted by molar-refractivity contribution is 8.93. The van der Waals surface area contributed by atoms with Gasteiger partial charge in [-0.25, -0.2) is 9.67 Å². The molecule has 0 amide bonds. The highest BCUT2D eigenvalue weighted by Crippen LogP contribution is 2.29. The molecule has 0 radical (unpaired) electrons. The second kappa shape index (κ2) is 9.82. The fourth-order valence-corrected chi connectivity index (χ4v) is 4.63. The molecule has 0 aliphatic heterocycles. The van der Waals surface area contributed by atoms with Crippen LogP contribution in [-0.2, 0) is 0 Å². The summed E-state index contributed by atoms with van der Waals surface area (Å²) in [7, 11) is 0. The third-order valence-corrected chi connectivity index (χ3v) is 6.18. The molecule has 29 heavy (non-hydrogen) atoms. The fraction of sp³-hybridized carbons (Fsp3) is 0.0500. The zero-order chi connectivity index (χ0) is 19.5. The number of aromatic nitrogens is 2. The molecule has 4 rings (SSSR count). The smallest absolute Gasteiger partial charge is 0.211 e. The Hall–Kier alpha value is -1.77. The van der Waals surface area contributed by atoms with Crippen LogP contribution in [-0.4, -0.2) is 15.4 Å². The molecule has 9 heteroatoms. The first-order chi connectivity index (χ1) is 13.6. The van der Waals surface area contributed by atoms with E-state index in [2.05, 4.69) is 16.4 Å². The van der Waals surface area contributed by atoms with Crippen molar-refractivity contribution >= 4 is 74.3 Å². The molecule has 0 N–H and O–H groups in total. The third-order valence-electron chi connectivity index (χ3n) is 3.93. The number of benzene rings is 1. The first-order valence-corrected chi connectivity index (χ1v) is 10.8. The Morgan fingerprint density at radius 3 is 2.55 bits per heavy atom. The van der Waals surface area contributed by atoms with E-state index in [1.807, 2.05) is 35.2 Å². The summed E-state index contributed by atoms with van der Waals surface area (Å²) in [6.07, 6.45) is 3.51. The van der Waals surface area contributed by atoms with Crippen molar-refractivity contribution in [2.75, 3.05) is 0 Å². The summed E-state index contributed by atoms with van der Waals surface area (Å²) in [5.41, 5.74) is 3.50. The van der Waals surface area contributed by atoms with E-state index in [0.717, 1.165) is 26.6 Å². The SMILES string of the molecule is Br.C/C(=N/n1c(-c2cccs2)csc1=Nc1ccc(Cl)cc1Cl)c1ccncc1. The van der Waals surface area contributed by atoms with Crippen molar-refractivity contribution in [2.45, 2.75) is 6.92 Å². The maximum Gasteiger partial charge on any atom is 0.211 e. The van der Waals surface area contributed by atoms with Crippen molar-refractivity contribution in [3.05, 3.63) is 86.0 Å². The Morgan fingerprint density at radius 2 is 1.86 bits per heavy atom. The number of thiazole rings is 1. The van der Waals surface area contributed by atoms with E-state index < -0.39 is 0 Å². The van der Waals surface area contributed by atoms with E-state index in [1.165, 1.54) is 11.3 Å². The molecular formula is C20H15BrCl2N4S2. The average molecular weight is 526 g/mol. The first kappa shape index (κ1) is 21.9. The maximum absolute atomic E-state index is 6.32. The lowest BCUT2D eigenvalue weighted by molar-refractivity contribution is 0.850. The van der Waals surface area contributed by atoms with Gasteiger partial charge in [0.2, 0.25) is 4.80 Å². The van der Waals surface area contributed by atoms with Gasteiger partial charge >= 0.3 is 0 Å². The average Bonchev–Trinajstić information content (AvgIpc) is 3.35. The minimum Gasteiger partial charge on any atom is -0.265 e. The molecular weight excluding hydrogens is 511 g/mol. The predicted octanol–water partition coefficient (Wildman–Crippen LogP) is 7.06. The molecule has 3 aromatic heterocycles. The molecule has 0 saturated carbocycles. The minimum atomic E-state index is 0.